The molecule has 0 saturated carbocycles. The predicted molar refractivity (Wildman–Crippen MR) is 110 cm³/mol. The second-order valence-corrected chi connectivity index (χ2v) is 7.88. The third kappa shape index (κ3) is 3.63. The van der Waals surface area contributed by atoms with Crippen LogP contribution in [0, 0.1) is 6.92 Å². The highest BCUT2D eigenvalue weighted by Gasteiger charge is 2.27. The van der Waals surface area contributed by atoms with Crippen LogP contribution in [0.25, 0.3) is 11.5 Å². The summed E-state index contributed by atoms with van der Waals surface area (Å²) in [4.78, 5) is 4.49. The summed E-state index contributed by atoms with van der Waals surface area (Å²) < 4.78 is 19.1. The van der Waals surface area contributed by atoms with Gasteiger partial charge in [-0.1, -0.05) is 46.7 Å². The van der Waals surface area contributed by atoms with E-state index in [1.807, 2.05) is 67.1 Å². The maximum absolute atomic E-state index is 6.04. The lowest BCUT2D eigenvalue weighted by Gasteiger charge is -2.25. The molecule has 3 heterocycles. The molecule has 2 aromatic carbocycles. The van der Waals surface area contributed by atoms with Crippen molar-refractivity contribution in [1.82, 2.24) is 24.9 Å². The zero-order valence-corrected chi connectivity index (χ0v) is 17.3. The summed E-state index contributed by atoms with van der Waals surface area (Å²) >= 11 is 1.49. The van der Waals surface area contributed by atoms with Gasteiger partial charge in [0.15, 0.2) is 34.4 Å². The van der Waals surface area contributed by atoms with Gasteiger partial charge in [-0.15, -0.1) is 10.2 Å². The van der Waals surface area contributed by atoms with Crippen molar-refractivity contribution in [2.75, 3.05) is 6.61 Å². The molecule has 2 aromatic heterocycles. The van der Waals surface area contributed by atoms with Gasteiger partial charge in [0, 0.05) is 12.6 Å². The van der Waals surface area contributed by atoms with Crippen LogP contribution in [-0.2, 0) is 12.8 Å². The summed E-state index contributed by atoms with van der Waals surface area (Å²) in [5, 5.41) is 13.4. The zero-order valence-electron chi connectivity index (χ0n) is 16.5. The van der Waals surface area contributed by atoms with E-state index < -0.39 is 0 Å². The fourth-order valence-corrected chi connectivity index (χ4v) is 3.98. The number of fused-ring (bicyclic) bond motifs is 1. The van der Waals surface area contributed by atoms with Crippen LogP contribution >= 0.6 is 11.8 Å². The fraction of sp³-hybridized carbons (Fsp3) is 0.238. The van der Waals surface area contributed by atoms with Crippen molar-refractivity contribution in [3.05, 3.63) is 65.7 Å². The van der Waals surface area contributed by atoms with Crippen LogP contribution < -0.4 is 9.47 Å². The van der Waals surface area contributed by atoms with Crippen molar-refractivity contribution < 1.29 is 14.0 Å². The molecule has 8 nitrogen and oxygen atoms in total. The molecule has 152 valence electrons. The molecule has 9 heteroatoms. The first-order chi connectivity index (χ1) is 14.7. The van der Waals surface area contributed by atoms with Gasteiger partial charge in [0.2, 0.25) is 0 Å². The van der Waals surface area contributed by atoms with Crippen LogP contribution in [-0.4, -0.2) is 31.5 Å². The molecule has 1 aliphatic rings. The maximum Gasteiger partial charge on any atom is 0.257 e. The van der Waals surface area contributed by atoms with Gasteiger partial charge >= 0.3 is 0 Å². The number of aryl methyl sites for hydroxylation is 1. The Hall–Kier alpha value is -3.33. The van der Waals surface area contributed by atoms with Crippen LogP contribution in [0.5, 0.6) is 11.5 Å². The number of benzene rings is 2. The van der Waals surface area contributed by atoms with Crippen LogP contribution in [0.4, 0.5) is 0 Å². The summed E-state index contributed by atoms with van der Waals surface area (Å²) in [6.45, 7) is 2.42. The van der Waals surface area contributed by atoms with E-state index in [1.165, 1.54) is 11.8 Å². The minimum Gasteiger partial charge on any atom is -0.485 e. The number of nitrogens with zero attached hydrogens (tertiary/aromatic N) is 5. The molecule has 0 fully saturated rings. The first-order valence-electron chi connectivity index (χ1n) is 9.47. The number of hydrogen-bond donors (Lipinski definition) is 0. The second-order valence-electron chi connectivity index (χ2n) is 6.94. The molecule has 0 aliphatic carbocycles. The molecular weight excluding hydrogens is 402 g/mol. The van der Waals surface area contributed by atoms with Crippen LogP contribution in [0.3, 0.4) is 0 Å². The molecule has 0 radical (unpaired) electrons. The fourth-order valence-electron chi connectivity index (χ4n) is 3.22. The lowest BCUT2D eigenvalue weighted by atomic mass is 10.1. The highest BCUT2D eigenvalue weighted by Crippen LogP contribution is 2.36. The lowest BCUT2D eigenvalue weighted by Crippen LogP contribution is -2.24. The Labute approximate surface area is 177 Å². The average Bonchev–Trinajstić information content (AvgIpc) is 3.39. The molecular formula is C21H19N5O3S. The Balaban J connectivity index is 1.27. The molecule has 1 atom stereocenters. The standard InChI is InChI=1S/C21H19N5O3S/c1-13-6-5-7-14(10-13)20-22-18(25-29-20)12-30-21-24-23-19(26(21)2)17-11-27-15-8-3-4-9-16(15)28-17/h3-10,17H,11-12H2,1-2H3. The van der Waals surface area contributed by atoms with Gasteiger partial charge in [-0.25, -0.2) is 0 Å². The third-order valence-electron chi connectivity index (χ3n) is 4.73. The van der Waals surface area contributed by atoms with Crippen molar-refractivity contribution >= 4 is 11.8 Å². The number of ether oxygens (including phenoxy) is 2. The van der Waals surface area contributed by atoms with Gasteiger partial charge in [0.25, 0.3) is 5.89 Å². The summed E-state index contributed by atoms with van der Waals surface area (Å²) in [5.41, 5.74) is 2.05. The summed E-state index contributed by atoms with van der Waals surface area (Å²) in [6, 6.07) is 15.6. The highest BCUT2D eigenvalue weighted by molar-refractivity contribution is 7.98. The monoisotopic (exact) mass is 421 g/mol. The first kappa shape index (κ1) is 18.7. The normalized spacial score (nSPS) is 15.3. The molecule has 5 rings (SSSR count). The Morgan fingerprint density at radius 3 is 2.83 bits per heavy atom. The van der Waals surface area contributed by atoms with E-state index in [-0.39, 0.29) is 6.10 Å². The number of hydrogen-bond acceptors (Lipinski definition) is 8. The molecule has 0 spiro atoms. The minimum absolute atomic E-state index is 0.315. The number of rotatable bonds is 5. The number of thioether (sulfide) groups is 1. The quantitative estimate of drug-likeness (QED) is 0.447. The van der Waals surface area contributed by atoms with E-state index in [0.717, 1.165) is 22.0 Å². The van der Waals surface area contributed by atoms with Crippen LogP contribution in [0.1, 0.15) is 23.3 Å². The van der Waals surface area contributed by atoms with Gasteiger partial charge in [-0.2, -0.15) is 4.98 Å². The second kappa shape index (κ2) is 7.83. The topological polar surface area (TPSA) is 88.1 Å². The largest absolute Gasteiger partial charge is 0.485 e. The Bertz CT molecular complexity index is 1190. The molecule has 0 bridgehead atoms. The van der Waals surface area contributed by atoms with Gasteiger partial charge in [0.05, 0.1) is 5.75 Å². The number of aromatic nitrogens is 5. The third-order valence-corrected chi connectivity index (χ3v) is 5.74. The first-order valence-corrected chi connectivity index (χ1v) is 10.5. The Morgan fingerprint density at radius 2 is 1.97 bits per heavy atom. The van der Waals surface area contributed by atoms with E-state index >= 15 is 0 Å². The molecule has 30 heavy (non-hydrogen) atoms. The van der Waals surface area contributed by atoms with E-state index in [9.17, 15) is 0 Å². The highest BCUT2D eigenvalue weighted by atomic mass is 32.2. The van der Waals surface area contributed by atoms with Gasteiger partial charge < -0.3 is 18.6 Å². The molecule has 1 aliphatic heterocycles. The average molecular weight is 421 g/mol. The lowest BCUT2D eigenvalue weighted by molar-refractivity contribution is 0.0825. The van der Waals surface area contributed by atoms with Crippen molar-refractivity contribution in [2.45, 2.75) is 23.9 Å². The smallest absolute Gasteiger partial charge is 0.257 e. The van der Waals surface area contributed by atoms with Crippen molar-refractivity contribution in [2.24, 2.45) is 7.05 Å². The minimum atomic E-state index is -0.315. The maximum atomic E-state index is 6.04. The summed E-state index contributed by atoms with van der Waals surface area (Å²) in [6.07, 6.45) is -0.315. The summed E-state index contributed by atoms with van der Waals surface area (Å²) in [5.74, 6) is 3.80. The van der Waals surface area contributed by atoms with Crippen LogP contribution in [0.2, 0.25) is 0 Å². The van der Waals surface area contributed by atoms with Crippen molar-refractivity contribution in [3.63, 3.8) is 0 Å². The van der Waals surface area contributed by atoms with Crippen molar-refractivity contribution in [1.29, 1.82) is 0 Å². The van der Waals surface area contributed by atoms with Crippen LogP contribution in [0.15, 0.2) is 58.2 Å². The van der Waals surface area contributed by atoms with E-state index in [4.69, 9.17) is 14.0 Å². The SMILES string of the molecule is Cc1cccc(-c2nc(CSc3nnc(C4COc5ccccc5O4)n3C)no2)c1. The van der Waals surface area contributed by atoms with Crippen molar-refractivity contribution in [3.8, 4) is 23.0 Å². The van der Waals surface area contributed by atoms with Gasteiger partial charge in [-0.3, -0.25) is 0 Å². The van der Waals surface area contributed by atoms with E-state index in [1.54, 1.807) is 0 Å². The molecule has 0 N–H and O–H groups in total. The molecule has 0 saturated heterocycles. The van der Waals surface area contributed by atoms with Gasteiger partial charge in [-0.05, 0) is 31.2 Å². The Morgan fingerprint density at radius 1 is 1.10 bits per heavy atom. The van der Waals surface area contributed by atoms with Gasteiger partial charge in [0.1, 0.15) is 6.61 Å². The Kier molecular flexibility index (Phi) is 4.88. The number of para-hydroxylation sites is 2. The molecule has 0 amide bonds. The summed E-state index contributed by atoms with van der Waals surface area (Å²) in [7, 11) is 1.91. The zero-order chi connectivity index (χ0) is 20.5. The predicted octanol–water partition coefficient (Wildman–Crippen LogP) is 3.98. The van der Waals surface area contributed by atoms with E-state index in [0.29, 0.717) is 35.6 Å². The van der Waals surface area contributed by atoms with E-state index in [2.05, 4.69) is 20.3 Å². The molecule has 1 unspecified atom stereocenters. The molecule has 4 aromatic rings.